The number of unbranched alkanes of at least 4 members (excludes halogenated alkanes) is 34. The molecule has 1 N–H and O–H groups in total. The molecule has 0 bridgehead atoms. The number of hydrogen-bond donors (Lipinski definition) is 1. The molecule has 6 atom stereocenters. The predicted octanol–water partition coefficient (Wildman–Crippen LogP) is 26.4. The van der Waals surface area contributed by atoms with E-state index in [1.54, 1.807) is 0 Å². The van der Waals surface area contributed by atoms with E-state index in [1.807, 2.05) is 0 Å². The largest absolute Gasteiger partial charge is 0.378 e. The van der Waals surface area contributed by atoms with Crippen LogP contribution in [-0.2, 0) is 9.47 Å². The summed E-state index contributed by atoms with van der Waals surface area (Å²) in [5, 5.41) is 4.29. The fourth-order valence-corrected chi connectivity index (χ4v) is 20.2. The molecule has 90 heavy (non-hydrogen) atoms. The van der Waals surface area contributed by atoms with Crippen LogP contribution in [0.25, 0.3) is 0 Å². The second-order valence-electron chi connectivity index (χ2n) is 32.9. The van der Waals surface area contributed by atoms with Gasteiger partial charge in [0.1, 0.15) is 0 Å². The molecule has 5 nitrogen and oxygen atoms in total. The number of nitrogens with one attached hydrogen (secondary N) is 1. The number of hydrogen-bond acceptors (Lipinski definition) is 5. The zero-order valence-electron chi connectivity index (χ0n) is 61.3. The van der Waals surface area contributed by atoms with Crippen LogP contribution in [0.5, 0.6) is 0 Å². The van der Waals surface area contributed by atoms with Crippen molar-refractivity contribution in [2.45, 2.75) is 469 Å². The van der Waals surface area contributed by atoms with Crippen molar-refractivity contribution in [3.05, 3.63) is 0 Å². The zero-order valence-corrected chi connectivity index (χ0v) is 61.3. The van der Waals surface area contributed by atoms with Crippen LogP contribution in [0, 0.1) is 47.3 Å². The van der Waals surface area contributed by atoms with Gasteiger partial charge in [0, 0.05) is 36.7 Å². The topological polar surface area (TPSA) is 55.2 Å². The molecule has 524 valence electrons. The third-order valence-electron chi connectivity index (χ3n) is 25.7. The lowest BCUT2D eigenvalue weighted by Crippen LogP contribution is -2.51. The van der Waals surface area contributed by atoms with E-state index in [4.69, 9.17) is 19.5 Å². The minimum atomic E-state index is 0.377. The van der Waals surface area contributed by atoms with Gasteiger partial charge in [-0.2, -0.15) is 0 Å². The summed E-state index contributed by atoms with van der Waals surface area (Å²) in [4.78, 5) is 11.9. The Hall–Kier alpha value is -0.780. The summed E-state index contributed by atoms with van der Waals surface area (Å²) >= 11 is 0. The number of rotatable bonds is 48. The lowest BCUT2D eigenvalue weighted by Gasteiger charge is -2.48. The van der Waals surface area contributed by atoms with Gasteiger partial charge < -0.3 is 14.8 Å². The maximum Gasteiger partial charge on any atom is 0.0638 e. The van der Waals surface area contributed by atoms with Crippen molar-refractivity contribution in [2.24, 2.45) is 57.3 Å². The summed E-state index contributed by atoms with van der Waals surface area (Å²) in [6.07, 6.45) is 90.0. The van der Waals surface area contributed by atoms with Gasteiger partial charge in [0.15, 0.2) is 0 Å². The van der Waals surface area contributed by atoms with Gasteiger partial charge >= 0.3 is 0 Å². The molecule has 0 aromatic heterocycles. The highest BCUT2D eigenvalue weighted by Gasteiger charge is 2.47. The highest BCUT2D eigenvalue weighted by molar-refractivity contribution is 5.91. The summed E-state index contributed by atoms with van der Waals surface area (Å²) < 4.78 is 14.8. The lowest BCUT2D eigenvalue weighted by atomic mass is 9.62. The molecule has 5 heteroatoms. The molecule has 1 heterocycles. The first-order chi connectivity index (χ1) is 44.5. The highest BCUT2D eigenvalue weighted by atomic mass is 16.5. The normalized spacial score (nSPS) is 28.5. The van der Waals surface area contributed by atoms with Gasteiger partial charge in [0.25, 0.3) is 0 Å². The van der Waals surface area contributed by atoms with Gasteiger partial charge in [-0.3, -0.25) is 9.98 Å². The first-order valence-corrected chi connectivity index (χ1v) is 42.6. The van der Waals surface area contributed by atoms with Crippen LogP contribution < -0.4 is 5.32 Å². The molecule has 0 radical (unpaired) electrons. The Morgan fingerprint density at radius 2 is 0.500 bits per heavy atom. The Morgan fingerprint density at radius 3 is 0.733 bits per heavy atom. The number of ether oxygens (including phenoxy) is 2. The second kappa shape index (κ2) is 48.8. The predicted molar refractivity (Wildman–Crippen MR) is 394 cm³/mol. The van der Waals surface area contributed by atoms with Crippen LogP contribution in [0.15, 0.2) is 9.98 Å². The molecule has 7 aliphatic rings. The number of aliphatic imine (C=N–C) groups is 2. The first kappa shape index (κ1) is 76.6. The Labute approximate surface area is 562 Å². The summed E-state index contributed by atoms with van der Waals surface area (Å²) in [5.74, 6) is 6.09. The van der Waals surface area contributed by atoms with Crippen molar-refractivity contribution in [1.82, 2.24) is 5.32 Å². The van der Waals surface area contributed by atoms with E-state index >= 15 is 0 Å². The van der Waals surface area contributed by atoms with E-state index in [9.17, 15) is 0 Å². The van der Waals surface area contributed by atoms with Gasteiger partial charge in [-0.25, -0.2) is 0 Å². The summed E-state index contributed by atoms with van der Waals surface area (Å²) in [6, 6.07) is 1.66. The fraction of sp³-hybridized carbons (Fsp3) is 0.976. The van der Waals surface area contributed by atoms with Gasteiger partial charge in [-0.15, -0.1) is 0 Å². The van der Waals surface area contributed by atoms with Crippen LogP contribution in [0.4, 0.5) is 0 Å². The van der Waals surface area contributed by atoms with Crippen molar-refractivity contribution in [1.29, 1.82) is 0 Å². The van der Waals surface area contributed by atoms with Crippen LogP contribution >= 0.6 is 0 Å². The van der Waals surface area contributed by atoms with E-state index in [2.05, 4.69) is 33.0 Å². The first-order valence-electron chi connectivity index (χ1n) is 42.6. The Kier molecular flexibility index (Phi) is 41.6. The SMILES string of the molecule is CCCCCCCCCCCCCCCCCCCCOC1C(C2CCCCC2)CC(N=C(C)C2CCCC(C(C)=NC3CC(C4CCCCC4)C(OCCCCCCCCCCCCCCCCCCCC)C(C4CCCCC4)C3)N2)CC1C1CCCCC1. The van der Waals surface area contributed by atoms with Gasteiger partial charge in [0.05, 0.1) is 24.3 Å². The van der Waals surface area contributed by atoms with Crippen molar-refractivity contribution in [2.75, 3.05) is 13.2 Å². The Balaban J connectivity index is 0.868. The maximum atomic E-state index is 7.38. The molecule has 6 unspecified atom stereocenters. The standard InChI is InChI=1S/C85H157N3O2/c1-5-7-9-11-13-15-17-19-21-23-25-27-29-31-33-35-37-51-64-89-84-78(72-54-43-39-44-55-72)66-76(67-79(84)73-56-45-40-46-57-73)86-70(3)82-62-53-63-83(88-82)71(4)87-77-68-80(74-58-47-41-48-59-74)85(81(69-77)75-60-49-42-50-61-75)90-65-52-38-36-34-32-30-28-26-24-22-20-18-16-14-12-10-8-6-2/h72-85,88H,5-69H2,1-4H3. The zero-order chi connectivity index (χ0) is 62.7. The molecule has 1 saturated heterocycles. The fourth-order valence-electron chi connectivity index (χ4n) is 20.2. The molecule has 0 spiro atoms. The van der Waals surface area contributed by atoms with Crippen LogP contribution in [0.2, 0.25) is 0 Å². The molecule has 7 fully saturated rings. The van der Waals surface area contributed by atoms with Crippen LogP contribution in [-0.4, -0.2) is 61.0 Å². The summed E-state index contributed by atoms with van der Waals surface area (Å²) in [6.45, 7) is 11.5. The molecule has 1 aliphatic heterocycles. The van der Waals surface area contributed by atoms with E-state index < -0.39 is 0 Å². The van der Waals surface area contributed by atoms with Gasteiger partial charge in [-0.05, 0) is 119 Å². The molecule has 6 saturated carbocycles. The van der Waals surface area contributed by atoms with Crippen molar-refractivity contribution in [3.8, 4) is 0 Å². The van der Waals surface area contributed by atoms with Gasteiger partial charge in [-0.1, -0.05) is 361 Å². The van der Waals surface area contributed by atoms with E-state index in [0.29, 0.717) is 60.0 Å². The minimum absolute atomic E-state index is 0.377. The molecule has 0 aromatic rings. The average molecular weight is 1250 g/mol. The van der Waals surface area contributed by atoms with Crippen LogP contribution in [0.3, 0.4) is 0 Å². The third-order valence-corrected chi connectivity index (χ3v) is 25.7. The second-order valence-corrected chi connectivity index (χ2v) is 32.9. The molecule has 0 amide bonds. The molecular weight excluding hydrogens is 1090 g/mol. The van der Waals surface area contributed by atoms with Crippen molar-refractivity contribution >= 4 is 11.4 Å². The number of nitrogens with zero attached hydrogens (tertiary/aromatic N) is 2. The summed E-state index contributed by atoms with van der Waals surface area (Å²) in [7, 11) is 0. The number of piperidine rings is 1. The third kappa shape index (κ3) is 29.9. The van der Waals surface area contributed by atoms with Gasteiger partial charge in [0.2, 0.25) is 0 Å². The minimum Gasteiger partial charge on any atom is -0.378 e. The monoisotopic (exact) mass is 1250 g/mol. The van der Waals surface area contributed by atoms with E-state index in [0.717, 1.165) is 36.9 Å². The summed E-state index contributed by atoms with van der Waals surface area (Å²) in [5.41, 5.74) is 2.81. The van der Waals surface area contributed by atoms with E-state index in [1.165, 1.54) is 416 Å². The highest BCUT2D eigenvalue weighted by Crippen LogP contribution is 2.50. The maximum absolute atomic E-state index is 7.38. The molecule has 0 aromatic carbocycles. The molecule has 7 rings (SSSR count). The quantitative estimate of drug-likeness (QED) is 0.0488. The Bertz CT molecular complexity index is 1570. The van der Waals surface area contributed by atoms with Crippen molar-refractivity contribution < 1.29 is 9.47 Å². The Morgan fingerprint density at radius 1 is 0.278 bits per heavy atom. The average Bonchev–Trinajstić information content (AvgIpc) is 0.963. The van der Waals surface area contributed by atoms with E-state index in [-0.39, 0.29) is 0 Å². The smallest absolute Gasteiger partial charge is 0.0638 e. The van der Waals surface area contributed by atoms with Crippen LogP contribution in [0.1, 0.15) is 432 Å². The molecule has 6 aliphatic carbocycles. The lowest BCUT2D eigenvalue weighted by molar-refractivity contribution is -0.0952. The molecular formula is C85H157N3O2. The van der Waals surface area contributed by atoms with Crippen molar-refractivity contribution in [3.63, 3.8) is 0 Å².